The highest BCUT2D eigenvalue weighted by Crippen LogP contribution is 2.39. The molecule has 6 heteroatoms. The van der Waals surface area contributed by atoms with Gasteiger partial charge in [-0.15, -0.1) is 0 Å². The van der Waals surface area contributed by atoms with Crippen molar-refractivity contribution >= 4 is 14.2 Å². The van der Waals surface area contributed by atoms with Crippen LogP contribution in [0.2, 0.25) is 0 Å². The first-order chi connectivity index (χ1) is 3.70. The van der Waals surface area contributed by atoms with E-state index in [4.69, 9.17) is 5.11 Å². The molecule has 1 aliphatic heterocycles. The number of aliphatic carboxylic acids is 1. The van der Waals surface area contributed by atoms with Crippen molar-refractivity contribution in [3.05, 3.63) is 0 Å². The molecule has 1 N–H and O–H groups in total. The van der Waals surface area contributed by atoms with Crippen LogP contribution in [0.5, 0.6) is 0 Å². The first-order valence-corrected chi connectivity index (χ1v) is 2.83. The Bertz CT molecular complexity index is 133. The maximum Gasteiger partial charge on any atom is 0.704 e. The number of hydrogen-bond donors (Lipinski definition) is 1. The molecule has 1 saturated heterocycles. The molecule has 1 heterocycles. The lowest BCUT2D eigenvalue weighted by Crippen LogP contribution is -2.29. The van der Waals surface area contributed by atoms with Gasteiger partial charge in [0.2, 0.25) is 0 Å². The minimum atomic E-state index is -2.12. The summed E-state index contributed by atoms with van der Waals surface area (Å²) < 4.78 is 18.0. The van der Waals surface area contributed by atoms with E-state index >= 15 is 0 Å². The topological polar surface area (TPSA) is 72.8 Å². The molecule has 8 heavy (non-hydrogen) atoms. The molecule has 0 unspecified atom stereocenters. The van der Waals surface area contributed by atoms with Crippen molar-refractivity contribution in [2.24, 2.45) is 0 Å². The molecule has 44 valence electrons. The molecule has 0 aliphatic carbocycles. The van der Waals surface area contributed by atoms with E-state index in [2.05, 4.69) is 9.05 Å². The van der Waals surface area contributed by atoms with Crippen molar-refractivity contribution < 1.29 is 23.5 Å². The summed E-state index contributed by atoms with van der Waals surface area (Å²) in [4.78, 5) is 9.75. The van der Waals surface area contributed by atoms with E-state index in [1.165, 1.54) is 0 Å². The molecular weight excluding hydrogens is 135 g/mol. The van der Waals surface area contributed by atoms with Crippen LogP contribution in [-0.4, -0.2) is 17.4 Å². The van der Waals surface area contributed by atoms with E-state index in [0.717, 1.165) is 0 Å². The Morgan fingerprint density at radius 2 is 2.12 bits per heavy atom. The first kappa shape index (κ1) is 5.62. The van der Waals surface area contributed by atoms with E-state index in [9.17, 15) is 9.36 Å². The molecule has 1 fully saturated rings. The fourth-order valence-corrected chi connectivity index (χ4v) is 0.763. The van der Waals surface area contributed by atoms with E-state index in [0.29, 0.717) is 0 Å². The van der Waals surface area contributed by atoms with E-state index in [1.807, 2.05) is 0 Å². The SMILES string of the molecule is O=C(O)C1O[P+](=O)O1. The Morgan fingerprint density at radius 3 is 2.25 bits per heavy atom. The van der Waals surface area contributed by atoms with Crippen molar-refractivity contribution in [1.82, 2.24) is 0 Å². The van der Waals surface area contributed by atoms with Crippen LogP contribution in [0.4, 0.5) is 0 Å². The van der Waals surface area contributed by atoms with Gasteiger partial charge in [0.05, 0.1) is 0 Å². The minimum absolute atomic E-state index is 1.25. The van der Waals surface area contributed by atoms with Crippen molar-refractivity contribution in [3.63, 3.8) is 0 Å². The lowest BCUT2D eigenvalue weighted by atomic mass is 10.7. The Hall–Kier alpha value is -0.510. The highest BCUT2D eigenvalue weighted by molar-refractivity contribution is 7.34. The standard InChI is InChI=1S/C2HO5P/c3-1(4)2-6-8(5)7-2/h2H/p+1. The van der Waals surface area contributed by atoms with Gasteiger partial charge in [0.1, 0.15) is 0 Å². The first-order valence-electron chi connectivity index (χ1n) is 1.74. The number of carbonyl (C=O) groups is 1. The largest absolute Gasteiger partial charge is 0.704 e. The zero-order valence-corrected chi connectivity index (χ0v) is 4.50. The van der Waals surface area contributed by atoms with Crippen LogP contribution in [0, 0.1) is 0 Å². The van der Waals surface area contributed by atoms with Crippen LogP contribution in [0.25, 0.3) is 0 Å². The Kier molecular flexibility index (Phi) is 1.25. The van der Waals surface area contributed by atoms with Crippen molar-refractivity contribution in [1.29, 1.82) is 0 Å². The normalized spacial score (nSPS) is 31.5. The highest BCUT2D eigenvalue weighted by Gasteiger charge is 2.50. The van der Waals surface area contributed by atoms with Crippen molar-refractivity contribution in [3.8, 4) is 0 Å². The fraction of sp³-hybridized carbons (Fsp3) is 0.500. The summed E-state index contributed by atoms with van der Waals surface area (Å²) in [7, 11) is -2.12. The van der Waals surface area contributed by atoms with Crippen LogP contribution < -0.4 is 0 Å². The summed E-state index contributed by atoms with van der Waals surface area (Å²) in [5, 5.41) is 7.97. The van der Waals surface area contributed by atoms with Crippen molar-refractivity contribution in [2.45, 2.75) is 6.29 Å². The van der Waals surface area contributed by atoms with Crippen LogP contribution in [0.3, 0.4) is 0 Å². The third-order valence-electron chi connectivity index (χ3n) is 0.565. The molecular formula is C2H2O5P+. The third kappa shape index (κ3) is 0.838. The quantitative estimate of drug-likeness (QED) is 0.519. The highest BCUT2D eigenvalue weighted by atomic mass is 31.1. The van der Waals surface area contributed by atoms with Gasteiger partial charge in [-0.3, -0.25) is 0 Å². The zero-order chi connectivity index (χ0) is 6.15. The summed E-state index contributed by atoms with van der Waals surface area (Å²) in [5.41, 5.74) is 0. The predicted octanol–water partition coefficient (Wildman–Crippen LogP) is 0.101. The molecule has 0 spiro atoms. The summed E-state index contributed by atoms with van der Waals surface area (Å²) in [5.74, 6) is -1.25. The Balaban J connectivity index is 2.35. The van der Waals surface area contributed by atoms with Gasteiger partial charge >= 0.3 is 20.5 Å². The van der Waals surface area contributed by atoms with E-state index in [-0.39, 0.29) is 0 Å². The number of rotatable bonds is 1. The molecule has 0 aromatic carbocycles. The third-order valence-corrected chi connectivity index (χ3v) is 1.29. The van der Waals surface area contributed by atoms with Gasteiger partial charge in [-0.05, 0) is 0 Å². The van der Waals surface area contributed by atoms with Crippen molar-refractivity contribution in [2.75, 3.05) is 0 Å². The lowest BCUT2D eigenvalue weighted by Gasteiger charge is -2.03. The number of carboxylic acids is 1. The van der Waals surface area contributed by atoms with E-state index in [1.54, 1.807) is 0 Å². The molecule has 0 amide bonds. The number of carboxylic acid groups (broad SMARTS) is 1. The zero-order valence-electron chi connectivity index (χ0n) is 3.60. The molecule has 0 saturated carbocycles. The lowest BCUT2D eigenvalue weighted by molar-refractivity contribution is -0.171. The summed E-state index contributed by atoms with van der Waals surface area (Å²) in [6.07, 6.45) is -1.31. The minimum Gasteiger partial charge on any atom is -0.477 e. The molecule has 0 aromatic rings. The molecule has 0 atom stereocenters. The van der Waals surface area contributed by atoms with Gasteiger partial charge in [0.15, 0.2) is 0 Å². The van der Waals surface area contributed by atoms with Gasteiger partial charge < -0.3 is 5.11 Å². The molecule has 0 radical (unpaired) electrons. The molecule has 0 aromatic heterocycles. The Morgan fingerprint density at radius 1 is 1.62 bits per heavy atom. The monoisotopic (exact) mass is 137 g/mol. The fourth-order valence-electron chi connectivity index (χ4n) is 0.254. The van der Waals surface area contributed by atoms with E-state index < -0.39 is 20.5 Å². The van der Waals surface area contributed by atoms with Gasteiger partial charge in [0, 0.05) is 4.57 Å². The molecule has 0 bridgehead atoms. The number of hydrogen-bond acceptors (Lipinski definition) is 4. The van der Waals surface area contributed by atoms with Gasteiger partial charge in [-0.1, -0.05) is 9.05 Å². The maximum atomic E-state index is 9.85. The average Bonchev–Trinajstić information content (AvgIpc) is 1.57. The molecule has 1 aliphatic rings. The molecule has 1 rings (SSSR count). The average molecular weight is 137 g/mol. The smallest absolute Gasteiger partial charge is 0.477 e. The second-order valence-corrected chi connectivity index (χ2v) is 1.97. The van der Waals surface area contributed by atoms with Gasteiger partial charge in [-0.25, -0.2) is 4.79 Å². The van der Waals surface area contributed by atoms with Crippen LogP contribution >= 0.6 is 8.25 Å². The second-order valence-electron chi connectivity index (χ2n) is 1.10. The maximum absolute atomic E-state index is 9.85. The van der Waals surface area contributed by atoms with Crippen LogP contribution in [0.1, 0.15) is 0 Å². The summed E-state index contributed by atoms with van der Waals surface area (Å²) in [6.45, 7) is 0. The van der Waals surface area contributed by atoms with Gasteiger partial charge in [-0.2, -0.15) is 0 Å². The summed E-state index contributed by atoms with van der Waals surface area (Å²) >= 11 is 0. The van der Waals surface area contributed by atoms with Gasteiger partial charge in [0.25, 0.3) is 0 Å². The molecule has 5 nitrogen and oxygen atoms in total. The second kappa shape index (κ2) is 1.78. The van der Waals surface area contributed by atoms with Crippen LogP contribution in [0.15, 0.2) is 0 Å². The Labute approximate surface area is 45.2 Å². The van der Waals surface area contributed by atoms with Crippen LogP contribution in [-0.2, 0) is 18.4 Å². The predicted molar refractivity (Wildman–Crippen MR) is 21.2 cm³/mol. The summed E-state index contributed by atoms with van der Waals surface area (Å²) in [6, 6.07) is 0.